The van der Waals surface area contributed by atoms with Crippen LogP contribution in [0.1, 0.15) is 32.2 Å². The summed E-state index contributed by atoms with van der Waals surface area (Å²) in [6.07, 6.45) is 0. The van der Waals surface area contributed by atoms with Gasteiger partial charge in [0.25, 0.3) is 0 Å². The highest BCUT2D eigenvalue weighted by Crippen LogP contribution is 2.29. The lowest BCUT2D eigenvalue weighted by molar-refractivity contribution is -0.123. The van der Waals surface area contributed by atoms with Crippen LogP contribution in [0.5, 0.6) is 0 Å². The number of carbonyl (C=O) groups excluding carboxylic acids is 1. The molecule has 1 aromatic carbocycles. The third-order valence-electron chi connectivity index (χ3n) is 3.03. The Hall–Kier alpha value is -1.95. The van der Waals surface area contributed by atoms with Crippen molar-refractivity contribution < 1.29 is 9.18 Å². The number of aryl methyl sites for hydroxylation is 2. The molecule has 0 spiro atoms. The summed E-state index contributed by atoms with van der Waals surface area (Å²) in [5, 5.41) is 3.22. The van der Waals surface area contributed by atoms with Gasteiger partial charge in [-0.25, -0.2) is 14.4 Å². The number of anilines is 1. The molecule has 23 heavy (non-hydrogen) atoms. The predicted molar refractivity (Wildman–Crippen MR) is 90.1 cm³/mol. The summed E-state index contributed by atoms with van der Waals surface area (Å²) >= 11 is 1.17. The molecule has 0 fully saturated rings. The molecule has 0 radical (unpaired) electrons. The Kier molecular flexibility index (Phi) is 5.04. The summed E-state index contributed by atoms with van der Waals surface area (Å²) in [7, 11) is 0. The van der Waals surface area contributed by atoms with E-state index in [1.807, 2.05) is 19.9 Å². The summed E-state index contributed by atoms with van der Waals surface area (Å²) in [6, 6.07) is 6.48. The van der Waals surface area contributed by atoms with E-state index in [2.05, 4.69) is 15.3 Å². The maximum atomic E-state index is 14.3. The van der Waals surface area contributed by atoms with Crippen molar-refractivity contribution in [1.82, 2.24) is 9.97 Å². The van der Waals surface area contributed by atoms with Crippen molar-refractivity contribution in [2.75, 3.05) is 5.32 Å². The van der Waals surface area contributed by atoms with Gasteiger partial charge in [-0.3, -0.25) is 4.79 Å². The van der Waals surface area contributed by atoms with Crippen molar-refractivity contribution in [3.63, 3.8) is 0 Å². The normalized spacial score (nSPS) is 11.4. The fourth-order valence-electron chi connectivity index (χ4n) is 1.82. The van der Waals surface area contributed by atoms with Gasteiger partial charge in [0.15, 0.2) is 5.16 Å². The van der Waals surface area contributed by atoms with Crippen LogP contribution in [-0.2, 0) is 4.79 Å². The van der Waals surface area contributed by atoms with Crippen molar-refractivity contribution in [3.8, 4) is 0 Å². The molecule has 2 rings (SSSR count). The maximum absolute atomic E-state index is 14.3. The molecule has 1 amide bonds. The second kappa shape index (κ2) is 6.66. The van der Waals surface area contributed by atoms with Gasteiger partial charge >= 0.3 is 0 Å². The second-order valence-corrected chi connectivity index (χ2v) is 7.39. The molecule has 0 aliphatic carbocycles. The molecule has 6 heteroatoms. The smallest absolute Gasteiger partial charge is 0.229 e. The zero-order valence-electron chi connectivity index (χ0n) is 13.9. The zero-order chi connectivity index (χ0) is 17.2. The Morgan fingerprint density at radius 3 is 2.26 bits per heavy atom. The van der Waals surface area contributed by atoms with E-state index in [-0.39, 0.29) is 5.91 Å². The Labute approximate surface area is 139 Å². The third kappa shape index (κ3) is 4.76. The van der Waals surface area contributed by atoms with E-state index in [0.29, 0.717) is 15.7 Å². The molecular formula is C17H20FN3OS. The molecule has 0 atom stereocenters. The van der Waals surface area contributed by atoms with Gasteiger partial charge in [-0.1, -0.05) is 20.8 Å². The van der Waals surface area contributed by atoms with Gasteiger partial charge in [0.1, 0.15) is 5.82 Å². The van der Waals surface area contributed by atoms with Crippen molar-refractivity contribution in [2.24, 2.45) is 5.41 Å². The van der Waals surface area contributed by atoms with Gasteiger partial charge in [0.05, 0.1) is 4.90 Å². The molecule has 4 nitrogen and oxygen atoms in total. The van der Waals surface area contributed by atoms with Crippen LogP contribution in [0.2, 0.25) is 0 Å². The summed E-state index contributed by atoms with van der Waals surface area (Å²) < 4.78 is 14.3. The summed E-state index contributed by atoms with van der Waals surface area (Å²) in [5.41, 5.74) is 1.59. The van der Waals surface area contributed by atoms with Crippen LogP contribution in [-0.4, -0.2) is 15.9 Å². The summed E-state index contributed by atoms with van der Waals surface area (Å²) in [4.78, 5) is 20.9. The average molecular weight is 333 g/mol. The molecule has 0 saturated heterocycles. The first kappa shape index (κ1) is 17.4. The van der Waals surface area contributed by atoms with E-state index in [1.165, 1.54) is 17.8 Å². The number of hydrogen-bond donors (Lipinski definition) is 1. The Bertz CT molecular complexity index is 721. The van der Waals surface area contributed by atoms with E-state index in [1.54, 1.807) is 32.9 Å². The van der Waals surface area contributed by atoms with E-state index in [0.717, 1.165) is 11.4 Å². The van der Waals surface area contributed by atoms with Gasteiger partial charge in [-0.2, -0.15) is 0 Å². The van der Waals surface area contributed by atoms with Gasteiger partial charge < -0.3 is 5.32 Å². The molecule has 0 aliphatic heterocycles. The fourth-order valence-corrected chi connectivity index (χ4v) is 2.69. The standard InChI is InChI=1S/C17H20FN3OS/c1-10-8-11(2)20-16(19-10)23-14-7-6-12(9-13(14)18)21-15(22)17(3,4)5/h6-9H,1-5H3,(H,21,22). The highest BCUT2D eigenvalue weighted by molar-refractivity contribution is 7.99. The minimum atomic E-state index is -0.531. The number of rotatable bonds is 3. The molecular weight excluding hydrogens is 313 g/mol. The van der Waals surface area contributed by atoms with E-state index < -0.39 is 11.2 Å². The largest absolute Gasteiger partial charge is 0.326 e. The summed E-state index contributed by atoms with van der Waals surface area (Å²) in [5.74, 6) is -0.570. The van der Waals surface area contributed by atoms with Crippen molar-refractivity contribution in [3.05, 3.63) is 41.5 Å². The molecule has 0 aliphatic rings. The molecule has 0 bridgehead atoms. The maximum Gasteiger partial charge on any atom is 0.229 e. The first-order valence-electron chi connectivity index (χ1n) is 7.26. The van der Waals surface area contributed by atoms with Gasteiger partial charge in [-0.05, 0) is 49.9 Å². The lowest BCUT2D eigenvalue weighted by atomic mass is 9.95. The number of carbonyl (C=O) groups is 1. The third-order valence-corrected chi connectivity index (χ3v) is 3.95. The Morgan fingerprint density at radius 1 is 1.13 bits per heavy atom. The van der Waals surface area contributed by atoms with Crippen LogP contribution >= 0.6 is 11.8 Å². The van der Waals surface area contributed by atoms with Gasteiger partial charge in [-0.15, -0.1) is 0 Å². The van der Waals surface area contributed by atoms with Crippen LogP contribution < -0.4 is 5.32 Å². The predicted octanol–water partition coefficient (Wildman–Crippen LogP) is 4.37. The Balaban J connectivity index is 2.18. The monoisotopic (exact) mass is 333 g/mol. The first-order valence-corrected chi connectivity index (χ1v) is 8.08. The van der Waals surface area contributed by atoms with Crippen LogP contribution in [0.15, 0.2) is 34.3 Å². The van der Waals surface area contributed by atoms with Crippen molar-refractivity contribution in [1.29, 1.82) is 0 Å². The molecule has 0 unspecified atom stereocenters. The minimum Gasteiger partial charge on any atom is -0.326 e. The Morgan fingerprint density at radius 2 is 1.74 bits per heavy atom. The highest BCUT2D eigenvalue weighted by atomic mass is 32.2. The van der Waals surface area contributed by atoms with Crippen LogP contribution in [0, 0.1) is 25.1 Å². The fraction of sp³-hybridized carbons (Fsp3) is 0.353. The molecule has 1 aromatic heterocycles. The van der Waals surface area contributed by atoms with Crippen LogP contribution in [0.4, 0.5) is 10.1 Å². The number of nitrogens with one attached hydrogen (secondary N) is 1. The topological polar surface area (TPSA) is 54.9 Å². The molecule has 1 N–H and O–H groups in total. The lowest BCUT2D eigenvalue weighted by Gasteiger charge is -2.17. The number of hydrogen-bond acceptors (Lipinski definition) is 4. The quantitative estimate of drug-likeness (QED) is 0.848. The van der Waals surface area contributed by atoms with E-state index >= 15 is 0 Å². The molecule has 1 heterocycles. The van der Waals surface area contributed by atoms with E-state index in [9.17, 15) is 9.18 Å². The van der Waals surface area contributed by atoms with Crippen molar-refractivity contribution >= 4 is 23.4 Å². The SMILES string of the molecule is Cc1cc(C)nc(Sc2ccc(NC(=O)C(C)(C)C)cc2F)n1. The van der Waals surface area contributed by atoms with Gasteiger partial charge in [0, 0.05) is 22.5 Å². The zero-order valence-corrected chi connectivity index (χ0v) is 14.7. The van der Waals surface area contributed by atoms with Crippen LogP contribution in [0.25, 0.3) is 0 Å². The number of benzene rings is 1. The number of halogens is 1. The van der Waals surface area contributed by atoms with Crippen LogP contribution in [0.3, 0.4) is 0 Å². The summed E-state index contributed by atoms with van der Waals surface area (Å²) in [6.45, 7) is 9.17. The van der Waals surface area contributed by atoms with Crippen molar-refractivity contribution in [2.45, 2.75) is 44.7 Å². The molecule has 2 aromatic rings. The first-order chi connectivity index (χ1) is 10.6. The molecule has 0 saturated carbocycles. The highest BCUT2D eigenvalue weighted by Gasteiger charge is 2.21. The number of nitrogens with zero attached hydrogens (tertiary/aromatic N) is 2. The van der Waals surface area contributed by atoms with Gasteiger partial charge in [0.2, 0.25) is 5.91 Å². The second-order valence-electron chi connectivity index (χ2n) is 6.38. The minimum absolute atomic E-state index is 0.157. The number of amides is 1. The number of aromatic nitrogens is 2. The average Bonchev–Trinajstić information content (AvgIpc) is 2.39. The lowest BCUT2D eigenvalue weighted by Crippen LogP contribution is -2.27. The molecule has 122 valence electrons. The van der Waals surface area contributed by atoms with E-state index in [4.69, 9.17) is 0 Å².